The first kappa shape index (κ1) is 11.9. The molecular formula is C12H17N3O2. The number of carbonyl (C=O) groups excluding carboxylic acids is 1. The summed E-state index contributed by atoms with van der Waals surface area (Å²) in [4.78, 5) is 11.5. The van der Waals surface area contributed by atoms with Crippen LogP contribution in [0.15, 0.2) is 18.5 Å². The Hall–Kier alpha value is -1.62. The number of carbonyl (C=O) groups is 1. The van der Waals surface area contributed by atoms with Crippen molar-refractivity contribution >= 4 is 12.0 Å². The Labute approximate surface area is 100 Å². The second-order valence-electron chi connectivity index (χ2n) is 4.80. The second-order valence-corrected chi connectivity index (χ2v) is 4.80. The molecule has 1 aliphatic rings. The van der Waals surface area contributed by atoms with Gasteiger partial charge in [0.05, 0.1) is 19.4 Å². The van der Waals surface area contributed by atoms with Gasteiger partial charge in [0.15, 0.2) is 0 Å². The van der Waals surface area contributed by atoms with Gasteiger partial charge in [0.25, 0.3) is 0 Å². The Bertz CT molecular complexity index is 433. The van der Waals surface area contributed by atoms with Crippen molar-refractivity contribution in [3.05, 3.63) is 24.0 Å². The van der Waals surface area contributed by atoms with Gasteiger partial charge in [0.1, 0.15) is 0 Å². The molecule has 1 saturated heterocycles. The summed E-state index contributed by atoms with van der Waals surface area (Å²) in [5.41, 5.74) is 1.03. The van der Waals surface area contributed by atoms with E-state index in [2.05, 4.69) is 17.3 Å². The van der Waals surface area contributed by atoms with Crippen molar-refractivity contribution in [1.82, 2.24) is 15.1 Å². The highest BCUT2D eigenvalue weighted by Gasteiger charge is 2.33. The van der Waals surface area contributed by atoms with E-state index in [1.54, 1.807) is 17.0 Å². The predicted octanol–water partition coefficient (Wildman–Crippen LogP) is 0.586. The predicted molar refractivity (Wildman–Crippen MR) is 64.2 cm³/mol. The minimum Gasteiger partial charge on any atom is -0.380 e. The molecule has 0 bridgehead atoms. The molecule has 92 valence electrons. The first-order chi connectivity index (χ1) is 8.07. The fourth-order valence-electron chi connectivity index (χ4n) is 1.61. The van der Waals surface area contributed by atoms with Gasteiger partial charge in [0.2, 0.25) is 5.91 Å². The molecule has 0 unspecified atom stereocenters. The maximum atomic E-state index is 11.5. The molecule has 1 aromatic heterocycles. The van der Waals surface area contributed by atoms with Gasteiger partial charge in [-0.3, -0.25) is 9.48 Å². The first-order valence-corrected chi connectivity index (χ1v) is 5.60. The fourth-order valence-corrected chi connectivity index (χ4v) is 1.61. The SMILES string of the molecule is Cn1cc(C=CC(=O)NCC2(C)COC2)cn1. The van der Waals surface area contributed by atoms with Crippen LogP contribution in [-0.4, -0.2) is 35.4 Å². The average molecular weight is 235 g/mol. The van der Waals surface area contributed by atoms with Crippen LogP contribution in [0.4, 0.5) is 0 Å². The van der Waals surface area contributed by atoms with E-state index in [0.717, 1.165) is 18.8 Å². The maximum Gasteiger partial charge on any atom is 0.244 e. The Kier molecular flexibility index (Phi) is 3.28. The van der Waals surface area contributed by atoms with E-state index in [1.165, 1.54) is 6.08 Å². The number of rotatable bonds is 4. The van der Waals surface area contributed by atoms with Crippen LogP contribution < -0.4 is 5.32 Å². The van der Waals surface area contributed by atoms with Crippen LogP contribution in [0.25, 0.3) is 6.08 Å². The summed E-state index contributed by atoms with van der Waals surface area (Å²) in [6, 6.07) is 0. The number of amides is 1. The van der Waals surface area contributed by atoms with Gasteiger partial charge in [-0.05, 0) is 6.08 Å². The highest BCUT2D eigenvalue weighted by atomic mass is 16.5. The number of aryl methyl sites for hydroxylation is 1. The Morgan fingerprint density at radius 1 is 1.71 bits per heavy atom. The molecule has 2 heterocycles. The number of ether oxygens (including phenoxy) is 1. The summed E-state index contributed by atoms with van der Waals surface area (Å²) in [7, 11) is 1.84. The van der Waals surface area contributed by atoms with Gasteiger partial charge >= 0.3 is 0 Å². The lowest BCUT2D eigenvalue weighted by atomic mass is 9.89. The van der Waals surface area contributed by atoms with Crippen molar-refractivity contribution in [2.24, 2.45) is 12.5 Å². The summed E-state index contributed by atoms with van der Waals surface area (Å²) in [6.07, 6.45) is 6.84. The first-order valence-electron chi connectivity index (χ1n) is 5.60. The van der Waals surface area contributed by atoms with Crippen LogP contribution >= 0.6 is 0 Å². The number of nitrogens with zero attached hydrogens (tertiary/aromatic N) is 2. The van der Waals surface area contributed by atoms with Crippen molar-refractivity contribution < 1.29 is 9.53 Å². The van der Waals surface area contributed by atoms with Crippen molar-refractivity contribution in [3.63, 3.8) is 0 Å². The monoisotopic (exact) mass is 235 g/mol. The third-order valence-electron chi connectivity index (χ3n) is 2.74. The second kappa shape index (κ2) is 4.71. The van der Waals surface area contributed by atoms with E-state index in [4.69, 9.17) is 4.74 Å². The van der Waals surface area contributed by atoms with E-state index in [9.17, 15) is 4.79 Å². The van der Waals surface area contributed by atoms with Crippen molar-refractivity contribution in [2.75, 3.05) is 19.8 Å². The lowest BCUT2D eigenvalue weighted by Gasteiger charge is -2.37. The van der Waals surface area contributed by atoms with Crippen molar-refractivity contribution in [3.8, 4) is 0 Å². The molecule has 0 saturated carbocycles. The van der Waals surface area contributed by atoms with Crippen LogP contribution in [-0.2, 0) is 16.6 Å². The molecule has 1 aromatic rings. The molecular weight excluding hydrogens is 218 g/mol. The molecule has 5 nitrogen and oxygen atoms in total. The highest BCUT2D eigenvalue weighted by molar-refractivity contribution is 5.91. The van der Waals surface area contributed by atoms with Gasteiger partial charge in [-0.25, -0.2) is 0 Å². The molecule has 17 heavy (non-hydrogen) atoms. The van der Waals surface area contributed by atoms with Crippen LogP contribution in [0, 0.1) is 5.41 Å². The smallest absolute Gasteiger partial charge is 0.244 e. The van der Waals surface area contributed by atoms with Gasteiger partial charge in [-0.2, -0.15) is 5.10 Å². The standard InChI is InChI=1S/C12H17N3O2/c1-12(8-17-9-12)7-13-11(16)4-3-10-5-14-15(2)6-10/h3-6H,7-9H2,1-2H3,(H,13,16). The number of aromatic nitrogens is 2. The molecule has 1 fully saturated rings. The fraction of sp³-hybridized carbons (Fsp3) is 0.500. The van der Waals surface area contributed by atoms with Gasteiger partial charge in [-0.15, -0.1) is 0 Å². The average Bonchev–Trinajstić information content (AvgIpc) is 2.67. The molecule has 1 N–H and O–H groups in total. The van der Waals surface area contributed by atoms with Crippen LogP contribution in [0.1, 0.15) is 12.5 Å². The quantitative estimate of drug-likeness (QED) is 0.777. The van der Waals surface area contributed by atoms with Gasteiger partial charge in [0, 0.05) is 36.8 Å². The third kappa shape index (κ3) is 3.17. The zero-order chi connectivity index (χ0) is 12.3. The zero-order valence-electron chi connectivity index (χ0n) is 10.1. The van der Waals surface area contributed by atoms with Crippen molar-refractivity contribution in [2.45, 2.75) is 6.92 Å². The summed E-state index contributed by atoms with van der Waals surface area (Å²) < 4.78 is 6.82. The summed E-state index contributed by atoms with van der Waals surface area (Å²) in [5.74, 6) is -0.0815. The summed E-state index contributed by atoms with van der Waals surface area (Å²) in [6.45, 7) is 4.20. The summed E-state index contributed by atoms with van der Waals surface area (Å²) >= 11 is 0. The Morgan fingerprint density at radius 2 is 2.47 bits per heavy atom. The molecule has 0 radical (unpaired) electrons. The van der Waals surface area contributed by atoms with Crippen molar-refractivity contribution in [1.29, 1.82) is 0 Å². The highest BCUT2D eigenvalue weighted by Crippen LogP contribution is 2.24. The lowest BCUT2D eigenvalue weighted by molar-refractivity contribution is -0.122. The minimum absolute atomic E-state index is 0.0815. The largest absolute Gasteiger partial charge is 0.380 e. The molecule has 5 heteroatoms. The van der Waals surface area contributed by atoms with E-state index in [-0.39, 0.29) is 11.3 Å². The topological polar surface area (TPSA) is 56.2 Å². The number of nitrogens with one attached hydrogen (secondary N) is 1. The van der Waals surface area contributed by atoms with E-state index >= 15 is 0 Å². The molecule has 2 rings (SSSR count). The molecule has 0 atom stereocenters. The summed E-state index contributed by atoms with van der Waals surface area (Å²) in [5, 5.41) is 6.89. The zero-order valence-corrected chi connectivity index (χ0v) is 10.1. The lowest BCUT2D eigenvalue weighted by Crippen LogP contribution is -2.48. The van der Waals surface area contributed by atoms with Crippen LogP contribution in [0.3, 0.4) is 0 Å². The third-order valence-corrected chi connectivity index (χ3v) is 2.74. The molecule has 1 amide bonds. The normalized spacial score (nSPS) is 18.0. The van der Waals surface area contributed by atoms with Crippen LogP contribution in [0.2, 0.25) is 0 Å². The molecule has 0 aromatic carbocycles. The Balaban J connectivity index is 1.79. The van der Waals surface area contributed by atoms with Gasteiger partial charge < -0.3 is 10.1 Å². The minimum atomic E-state index is -0.0815. The van der Waals surface area contributed by atoms with Crippen LogP contribution in [0.5, 0.6) is 0 Å². The molecule has 0 spiro atoms. The maximum absolute atomic E-state index is 11.5. The molecule has 1 aliphatic heterocycles. The Morgan fingerprint density at radius 3 is 3.00 bits per heavy atom. The van der Waals surface area contributed by atoms with E-state index in [0.29, 0.717) is 6.54 Å². The number of hydrogen-bond acceptors (Lipinski definition) is 3. The van der Waals surface area contributed by atoms with E-state index in [1.807, 2.05) is 13.2 Å². The molecule has 0 aliphatic carbocycles. The van der Waals surface area contributed by atoms with Gasteiger partial charge in [-0.1, -0.05) is 6.92 Å². The number of hydrogen-bond donors (Lipinski definition) is 1. The van der Waals surface area contributed by atoms with E-state index < -0.39 is 0 Å².